The Morgan fingerprint density at radius 3 is 1.57 bits per heavy atom. The molecule has 10 nitrogen and oxygen atoms in total. The van der Waals surface area contributed by atoms with Gasteiger partial charge in [-0.05, 0) is 44.9 Å². The molecule has 0 rings (SSSR count). The molecule has 0 aromatic carbocycles. The van der Waals surface area contributed by atoms with Gasteiger partial charge in [-0.2, -0.15) is 0 Å². The number of allylic oxidation sites excluding steroid dienone is 9. The average molecular weight is 881 g/mol. The van der Waals surface area contributed by atoms with Crippen molar-refractivity contribution in [1.29, 1.82) is 0 Å². The predicted octanol–water partition coefficient (Wildman–Crippen LogP) is 13.0. The number of likely N-dealkylation sites (N-methyl/N-ethyl adjacent to an activating group) is 1. The number of quaternary nitrogens is 1. The van der Waals surface area contributed by atoms with Crippen LogP contribution in [0.4, 0.5) is 0 Å². The van der Waals surface area contributed by atoms with Crippen molar-refractivity contribution in [3.63, 3.8) is 0 Å². The molecule has 354 valence electrons. The molecule has 0 fully saturated rings. The summed E-state index contributed by atoms with van der Waals surface area (Å²) in [6, 6.07) is 0. The van der Waals surface area contributed by atoms with Gasteiger partial charge in [-0.3, -0.25) is 18.6 Å². The molecule has 0 aromatic rings. The Morgan fingerprint density at radius 2 is 1.07 bits per heavy atom. The summed E-state index contributed by atoms with van der Waals surface area (Å²) >= 11 is 0. The largest absolute Gasteiger partial charge is 0.472 e. The maximum atomic E-state index is 12.7. The van der Waals surface area contributed by atoms with Crippen LogP contribution in [0.1, 0.15) is 187 Å². The lowest BCUT2D eigenvalue weighted by Gasteiger charge is -2.24. The zero-order valence-electron chi connectivity index (χ0n) is 39.5. The van der Waals surface area contributed by atoms with Crippen molar-refractivity contribution in [2.45, 2.75) is 199 Å². The highest BCUT2D eigenvalue weighted by Crippen LogP contribution is 2.43. The van der Waals surface area contributed by atoms with Crippen molar-refractivity contribution in [3.8, 4) is 0 Å². The summed E-state index contributed by atoms with van der Waals surface area (Å²) in [6.07, 6.45) is 47.3. The molecule has 0 spiro atoms. The van der Waals surface area contributed by atoms with E-state index in [1.54, 1.807) is 12.2 Å². The number of carbonyl (C=O) groups excluding carboxylic acids is 2. The number of nitrogens with zero attached hydrogens (tertiary/aromatic N) is 1. The lowest BCUT2D eigenvalue weighted by Crippen LogP contribution is -2.37. The lowest BCUT2D eigenvalue weighted by atomic mass is 10.0. The molecule has 0 bridgehead atoms. The minimum absolute atomic E-state index is 0.00475. The average Bonchev–Trinajstić information content (AvgIpc) is 3.21. The highest BCUT2D eigenvalue weighted by atomic mass is 31.2. The third kappa shape index (κ3) is 45.5. The summed E-state index contributed by atoms with van der Waals surface area (Å²) in [6.45, 7) is 4.09. The number of esters is 2. The standard InChI is InChI=1S/C50H90NO9P/c1-6-8-10-12-14-16-18-20-21-22-23-24-25-27-29-31-33-35-37-41-49(53)57-45-48(46-59-61(55,56)58-44-43-51(3,4)5)60-50(54)42-38-40-47(52)39-36-34-32-30-28-26-19-17-15-13-11-9-7-2/h9,11,15,17,26,28,32,34,36,39,47-48,52H,6-8,10,12-14,16,18-25,27,29-31,33,35,37-38,40-46H2,1-5H3/p+1/b11-9-,17-15-,28-26-,34-32-,39-36+/t47?,48-/m1/s1. The van der Waals surface area contributed by atoms with Crippen LogP contribution in [-0.2, 0) is 32.7 Å². The van der Waals surface area contributed by atoms with Crippen molar-refractivity contribution < 1.29 is 47.2 Å². The van der Waals surface area contributed by atoms with Crippen molar-refractivity contribution >= 4 is 19.8 Å². The number of ether oxygens (including phenoxy) is 2. The monoisotopic (exact) mass is 881 g/mol. The van der Waals surface area contributed by atoms with E-state index in [1.807, 2.05) is 33.3 Å². The molecule has 11 heteroatoms. The molecule has 3 atom stereocenters. The molecule has 2 N–H and O–H groups in total. The summed E-state index contributed by atoms with van der Waals surface area (Å²) in [4.78, 5) is 35.5. The normalized spacial score (nSPS) is 14.5. The van der Waals surface area contributed by atoms with Crippen LogP contribution in [0, 0.1) is 0 Å². The molecule has 61 heavy (non-hydrogen) atoms. The van der Waals surface area contributed by atoms with E-state index < -0.39 is 38.6 Å². The molecular weight excluding hydrogens is 790 g/mol. The smallest absolute Gasteiger partial charge is 0.462 e. The summed E-state index contributed by atoms with van der Waals surface area (Å²) in [5.41, 5.74) is 0. The van der Waals surface area contributed by atoms with E-state index in [9.17, 15) is 24.2 Å². The topological polar surface area (TPSA) is 129 Å². The molecule has 0 amide bonds. The van der Waals surface area contributed by atoms with Crippen LogP contribution >= 0.6 is 7.82 Å². The highest BCUT2D eigenvalue weighted by molar-refractivity contribution is 7.47. The Morgan fingerprint density at radius 1 is 0.590 bits per heavy atom. The van der Waals surface area contributed by atoms with E-state index in [0.29, 0.717) is 30.3 Å². The second kappa shape index (κ2) is 41.7. The number of aliphatic hydroxyl groups is 1. The first-order valence-electron chi connectivity index (χ1n) is 24.1. The number of phosphoric ester groups is 1. The molecule has 0 aliphatic heterocycles. The van der Waals surface area contributed by atoms with Crippen LogP contribution in [0.15, 0.2) is 60.8 Å². The number of phosphoric acid groups is 1. The quantitative estimate of drug-likeness (QED) is 0.0154. The van der Waals surface area contributed by atoms with Gasteiger partial charge in [-0.15, -0.1) is 0 Å². The van der Waals surface area contributed by atoms with Crippen LogP contribution in [0.2, 0.25) is 0 Å². The van der Waals surface area contributed by atoms with Crippen molar-refractivity contribution in [2.75, 3.05) is 47.5 Å². The molecule has 0 aromatic heterocycles. The summed E-state index contributed by atoms with van der Waals surface area (Å²) in [5.74, 6) is -1.00. The summed E-state index contributed by atoms with van der Waals surface area (Å²) in [7, 11) is 1.36. The van der Waals surface area contributed by atoms with Crippen molar-refractivity contribution in [1.82, 2.24) is 0 Å². The number of hydrogen-bond donors (Lipinski definition) is 2. The van der Waals surface area contributed by atoms with E-state index in [1.165, 1.54) is 103 Å². The van der Waals surface area contributed by atoms with Crippen LogP contribution in [0.5, 0.6) is 0 Å². The zero-order valence-corrected chi connectivity index (χ0v) is 40.4. The van der Waals surface area contributed by atoms with E-state index in [-0.39, 0.29) is 26.1 Å². The Hall–Kier alpha value is -2.33. The molecule has 2 unspecified atom stereocenters. The van der Waals surface area contributed by atoms with Gasteiger partial charge in [0.05, 0.1) is 33.9 Å². The molecule has 0 saturated heterocycles. The Balaban J connectivity index is 4.45. The van der Waals surface area contributed by atoms with Gasteiger partial charge >= 0.3 is 19.8 Å². The van der Waals surface area contributed by atoms with Gasteiger partial charge in [0.15, 0.2) is 6.10 Å². The van der Waals surface area contributed by atoms with Gasteiger partial charge in [0.2, 0.25) is 0 Å². The number of aliphatic hydroxyl groups excluding tert-OH is 1. The molecule has 0 aliphatic carbocycles. The van der Waals surface area contributed by atoms with E-state index in [4.69, 9.17) is 18.5 Å². The van der Waals surface area contributed by atoms with Gasteiger partial charge in [-0.25, -0.2) is 4.57 Å². The minimum atomic E-state index is -4.43. The molecular formula is C50H91NO9P+. The fourth-order valence-electron chi connectivity index (χ4n) is 6.40. The number of unbranched alkanes of at least 4 members (excludes halogenated alkanes) is 18. The minimum Gasteiger partial charge on any atom is -0.462 e. The summed E-state index contributed by atoms with van der Waals surface area (Å²) < 4.78 is 34.2. The lowest BCUT2D eigenvalue weighted by molar-refractivity contribution is -0.870. The fraction of sp³-hybridized carbons (Fsp3) is 0.760. The molecule has 0 heterocycles. The van der Waals surface area contributed by atoms with E-state index in [0.717, 1.165) is 38.5 Å². The Kier molecular flexibility index (Phi) is 40.1. The maximum Gasteiger partial charge on any atom is 0.472 e. The SMILES string of the molecule is CC/C=C\C/C=C\C/C=C\C/C=C\C=C\C(O)CCCC(=O)O[C@H](COC(=O)CCCCCCCCCCCCCCCCCCCCC)COP(=O)(O)OCC[N+](C)(C)C. The van der Waals surface area contributed by atoms with Crippen LogP contribution < -0.4 is 0 Å². The molecule has 0 saturated carbocycles. The fourth-order valence-corrected chi connectivity index (χ4v) is 7.14. The first-order chi connectivity index (χ1) is 29.4. The Bertz CT molecular complexity index is 1240. The van der Waals surface area contributed by atoms with Crippen LogP contribution in [0.3, 0.4) is 0 Å². The van der Waals surface area contributed by atoms with E-state index in [2.05, 4.69) is 50.3 Å². The maximum absolute atomic E-state index is 12.7. The van der Waals surface area contributed by atoms with Crippen molar-refractivity contribution in [2.24, 2.45) is 0 Å². The van der Waals surface area contributed by atoms with Crippen LogP contribution in [0.25, 0.3) is 0 Å². The van der Waals surface area contributed by atoms with Gasteiger partial charge < -0.3 is 24.0 Å². The summed E-state index contributed by atoms with van der Waals surface area (Å²) in [5, 5.41) is 10.3. The molecule has 0 radical (unpaired) electrons. The first-order valence-corrected chi connectivity index (χ1v) is 25.6. The third-order valence-electron chi connectivity index (χ3n) is 10.2. The predicted molar refractivity (Wildman–Crippen MR) is 253 cm³/mol. The second-order valence-electron chi connectivity index (χ2n) is 17.3. The third-order valence-corrected chi connectivity index (χ3v) is 11.2. The van der Waals surface area contributed by atoms with Gasteiger partial charge in [0.25, 0.3) is 0 Å². The van der Waals surface area contributed by atoms with E-state index >= 15 is 0 Å². The second-order valence-corrected chi connectivity index (χ2v) is 18.8. The van der Waals surface area contributed by atoms with Gasteiger partial charge in [-0.1, -0.05) is 190 Å². The number of carbonyl (C=O) groups is 2. The van der Waals surface area contributed by atoms with Gasteiger partial charge in [0, 0.05) is 12.8 Å². The number of rotatable bonds is 43. The molecule has 0 aliphatic rings. The van der Waals surface area contributed by atoms with Crippen LogP contribution in [-0.4, -0.2) is 86.1 Å². The Labute approximate surface area is 373 Å². The highest BCUT2D eigenvalue weighted by Gasteiger charge is 2.27. The van der Waals surface area contributed by atoms with Crippen molar-refractivity contribution in [3.05, 3.63) is 60.8 Å². The van der Waals surface area contributed by atoms with Gasteiger partial charge in [0.1, 0.15) is 19.8 Å². The number of hydrogen-bond acceptors (Lipinski definition) is 8. The zero-order chi connectivity index (χ0) is 45.1. The first kappa shape index (κ1) is 58.7.